The normalized spacial score (nSPS) is 13.8. The number of nitrogen functional groups attached to an aromatic ring is 1. The van der Waals surface area contributed by atoms with Crippen LogP contribution in [-0.4, -0.2) is 21.0 Å². The second kappa shape index (κ2) is 5.09. The first-order valence-corrected chi connectivity index (χ1v) is 7.20. The molecular weight excluding hydrogens is 276 g/mol. The van der Waals surface area contributed by atoms with Crippen LogP contribution in [0, 0.1) is 0 Å². The molecule has 3 rings (SSSR count). The summed E-state index contributed by atoms with van der Waals surface area (Å²) < 4.78 is 0. The molecule has 0 bridgehead atoms. The van der Waals surface area contributed by atoms with Crippen LogP contribution in [0.25, 0.3) is 0 Å². The highest BCUT2D eigenvalue weighted by molar-refractivity contribution is 7.15. The van der Waals surface area contributed by atoms with Crippen LogP contribution in [0.2, 0.25) is 0 Å². The lowest BCUT2D eigenvalue weighted by Gasteiger charge is -2.07. The fraction of sp³-hybridized carbons (Fsp3) is 0.308. The molecule has 0 unspecified atom stereocenters. The molecule has 0 atom stereocenters. The van der Waals surface area contributed by atoms with Gasteiger partial charge in [-0.3, -0.25) is 0 Å². The van der Waals surface area contributed by atoms with E-state index in [2.05, 4.69) is 15.3 Å². The monoisotopic (exact) mass is 290 g/mol. The summed E-state index contributed by atoms with van der Waals surface area (Å²) in [7, 11) is 0. The molecule has 0 radical (unpaired) electrons. The molecule has 0 fully saturated rings. The highest BCUT2D eigenvalue weighted by atomic mass is 32.1. The van der Waals surface area contributed by atoms with Gasteiger partial charge in [-0.15, -0.1) is 11.3 Å². The minimum absolute atomic E-state index is 0.0452. The molecule has 2 heterocycles. The summed E-state index contributed by atoms with van der Waals surface area (Å²) in [5, 5.41) is 12.8. The van der Waals surface area contributed by atoms with E-state index in [-0.39, 0.29) is 11.3 Å². The first kappa shape index (κ1) is 12.9. The number of nitrogens with zero attached hydrogens (tertiary/aromatic N) is 2. The van der Waals surface area contributed by atoms with Crippen molar-refractivity contribution in [3.63, 3.8) is 0 Å². The van der Waals surface area contributed by atoms with Crippen LogP contribution >= 0.6 is 11.3 Å². The van der Waals surface area contributed by atoms with Crippen LogP contribution in [0.4, 0.5) is 16.6 Å². The van der Waals surface area contributed by atoms with Crippen molar-refractivity contribution in [3.8, 4) is 0 Å². The van der Waals surface area contributed by atoms with Gasteiger partial charge in [0.05, 0.1) is 16.9 Å². The predicted molar refractivity (Wildman–Crippen MR) is 77.6 cm³/mol. The summed E-state index contributed by atoms with van der Waals surface area (Å²) in [6.07, 6.45) is 5.86. The number of hydrogen-bond acceptors (Lipinski definition) is 6. The lowest BCUT2D eigenvalue weighted by Crippen LogP contribution is -2.07. The topological polar surface area (TPSA) is 101 Å². The number of pyridine rings is 1. The molecule has 2 aromatic heterocycles. The summed E-state index contributed by atoms with van der Waals surface area (Å²) >= 11 is 1.59. The van der Waals surface area contributed by atoms with Crippen LogP contribution in [0.3, 0.4) is 0 Å². The Morgan fingerprint density at radius 2 is 2.20 bits per heavy atom. The summed E-state index contributed by atoms with van der Waals surface area (Å²) in [4.78, 5) is 21.0. The Kier molecular flexibility index (Phi) is 3.27. The average Bonchev–Trinajstić information content (AvgIpc) is 2.83. The smallest absolute Gasteiger partial charge is 0.337 e. The number of carboxylic acid groups (broad SMARTS) is 1. The van der Waals surface area contributed by atoms with E-state index in [1.54, 1.807) is 11.3 Å². The Bertz CT molecular complexity index is 645. The number of aromatic nitrogens is 2. The zero-order chi connectivity index (χ0) is 14.1. The number of aromatic carboxylic acids is 1. The van der Waals surface area contributed by atoms with Gasteiger partial charge in [0.2, 0.25) is 0 Å². The fourth-order valence-corrected chi connectivity index (χ4v) is 3.31. The van der Waals surface area contributed by atoms with Gasteiger partial charge < -0.3 is 16.2 Å². The average molecular weight is 290 g/mol. The van der Waals surface area contributed by atoms with Gasteiger partial charge in [-0.25, -0.2) is 14.8 Å². The Morgan fingerprint density at radius 3 is 2.95 bits per heavy atom. The minimum Gasteiger partial charge on any atom is -0.478 e. The second-order valence-electron chi connectivity index (χ2n) is 4.65. The molecular formula is C13H14N4O2S. The van der Waals surface area contributed by atoms with E-state index in [0.29, 0.717) is 5.82 Å². The summed E-state index contributed by atoms with van der Waals surface area (Å²) in [6.45, 7) is 0. The number of thiazole rings is 1. The van der Waals surface area contributed by atoms with Crippen molar-refractivity contribution < 1.29 is 9.90 Å². The fourth-order valence-electron chi connectivity index (χ4n) is 2.27. The molecule has 1 aliphatic rings. The SMILES string of the molecule is Nc1c(C(=O)O)ccnc1Nc1nc2c(s1)CCCC2. The number of nitrogens with one attached hydrogen (secondary N) is 1. The third-order valence-electron chi connectivity index (χ3n) is 3.29. The van der Waals surface area contributed by atoms with Gasteiger partial charge in [-0.1, -0.05) is 0 Å². The maximum Gasteiger partial charge on any atom is 0.337 e. The molecule has 1 aliphatic carbocycles. The van der Waals surface area contributed by atoms with Gasteiger partial charge in [0.1, 0.15) is 0 Å². The van der Waals surface area contributed by atoms with Crippen molar-refractivity contribution >= 4 is 33.9 Å². The molecule has 2 aromatic rings. The Morgan fingerprint density at radius 1 is 1.40 bits per heavy atom. The van der Waals surface area contributed by atoms with E-state index < -0.39 is 5.97 Å². The number of rotatable bonds is 3. The molecule has 0 spiro atoms. The number of aryl methyl sites for hydroxylation is 2. The van der Waals surface area contributed by atoms with E-state index >= 15 is 0 Å². The lowest BCUT2D eigenvalue weighted by molar-refractivity contribution is 0.0698. The van der Waals surface area contributed by atoms with Crippen LogP contribution < -0.4 is 11.1 Å². The Labute approximate surface area is 119 Å². The highest BCUT2D eigenvalue weighted by Crippen LogP contribution is 2.32. The van der Waals surface area contributed by atoms with Crippen molar-refractivity contribution in [2.45, 2.75) is 25.7 Å². The third kappa shape index (κ3) is 2.32. The van der Waals surface area contributed by atoms with Gasteiger partial charge in [-0.2, -0.15) is 0 Å². The number of anilines is 3. The Balaban J connectivity index is 1.89. The van der Waals surface area contributed by atoms with Gasteiger partial charge in [-0.05, 0) is 31.7 Å². The number of carbonyl (C=O) groups is 1. The summed E-state index contributed by atoms with van der Waals surface area (Å²) in [5.41, 5.74) is 7.14. The molecule has 0 saturated carbocycles. The van der Waals surface area contributed by atoms with Crippen molar-refractivity contribution in [2.24, 2.45) is 0 Å². The van der Waals surface area contributed by atoms with Crippen LogP contribution in [0.15, 0.2) is 12.3 Å². The quantitative estimate of drug-likeness (QED) is 0.802. The largest absolute Gasteiger partial charge is 0.478 e. The molecule has 6 nitrogen and oxygen atoms in total. The van der Waals surface area contributed by atoms with E-state index in [9.17, 15) is 4.79 Å². The van der Waals surface area contributed by atoms with Crippen molar-refractivity contribution in [3.05, 3.63) is 28.4 Å². The third-order valence-corrected chi connectivity index (χ3v) is 4.36. The van der Waals surface area contributed by atoms with Gasteiger partial charge in [0.25, 0.3) is 0 Å². The van der Waals surface area contributed by atoms with Gasteiger partial charge >= 0.3 is 5.97 Å². The number of nitrogens with two attached hydrogens (primary N) is 1. The minimum atomic E-state index is -1.06. The van der Waals surface area contributed by atoms with E-state index in [1.807, 2.05) is 0 Å². The second-order valence-corrected chi connectivity index (χ2v) is 5.73. The Hall–Kier alpha value is -2.15. The first-order chi connectivity index (χ1) is 9.65. The number of fused-ring (bicyclic) bond motifs is 1. The highest BCUT2D eigenvalue weighted by Gasteiger charge is 2.17. The van der Waals surface area contributed by atoms with Gasteiger partial charge in [0.15, 0.2) is 10.9 Å². The molecule has 4 N–H and O–H groups in total. The molecule has 20 heavy (non-hydrogen) atoms. The van der Waals surface area contributed by atoms with Crippen molar-refractivity contribution in [1.29, 1.82) is 0 Å². The molecule has 7 heteroatoms. The van der Waals surface area contributed by atoms with Gasteiger partial charge in [0, 0.05) is 11.1 Å². The molecule has 104 valence electrons. The number of hydrogen-bond donors (Lipinski definition) is 3. The van der Waals surface area contributed by atoms with Crippen molar-refractivity contribution in [2.75, 3.05) is 11.1 Å². The number of carboxylic acids is 1. The van der Waals surface area contributed by atoms with Crippen LogP contribution in [-0.2, 0) is 12.8 Å². The zero-order valence-corrected chi connectivity index (χ0v) is 11.5. The zero-order valence-electron chi connectivity index (χ0n) is 10.7. The van der Waals surface area contributed by atoms with E-state index in [0.717, 1.165) is 23.7 Å². The molecule has 0 aromatic carbocycles. The standard InChI is InChI=1S/C13H14N4O2S/c14-10-7(12(18)19)5-6-15-11(10)17-13-16-8-3-1-2-4-9(8)20-13/h5-6H,1-4,14H2,(H,18,19)(H,15,16,17). The van der Waals surface area contributed by atoms with E-state index in [1.165, 1.54) is 30.0 Å². The van der Waals surface area contributed by atoms with Crippen LogP contribution in [0.1, 0.15) is 33.8 Å². The first-order valence-electron chi connectivity index (χ1n) is 6.38. The maximum absolute atomic E-state index is 11.0. The maximum atomic E-state index is 11.0. The lowest BCUT2D eigenvalue weighted by atomic mass is 10.0. The van der Waals surface area contributed by atoms with Crippen LogP contribution in [0.5, 0.6) is 0 Å². The molecule has 0 saturated heterocycles. The molecule has 0 amide bonds. The molecule has 0 aliphatic heterocycles. The van der Waals surface area contributed by atoms with E-state index in [4.69, 9.17) is 10.8 Å². The van der Waals surface area contributed by atoms with Crippen molar-refractivity contribution in [1.82, 2.24) is 9.97 Å². The summed E-state index contributed by atoms with van der Waals surface area (Å²) in [6, 6.07) is 1.38. The summed E-state index contributed by atoms with van der Waals surface area (Å²) in [5.74, 6) is -0.720. The predicted octanol–water partition coefficient (Wildman–Crippen LogP) is 2.44.